The lowest BCUT2D eigenvalue weighted by atomic mass is 10.2. The van der Waals surface area contributed by atoms with Gasteiger partial charge in [0, 0.05) is 26.5 Å². The quantitative estimate of drug-likeness (QED) is 0.845. The third-order valence-corrected chi connectivity index (χ3v) is 5.52. The minimum atomic E-state index is -3.47. The van der Waals surface area contributed by atoms with E-state index >= 15 is 0 Å². The number of hydrogen-bond acceptors (Lipinski definition) is 6. The smallest absolute Gasteiger partial charge is 0.242 e. The second kappa shape index (κ2) is 6.00. The van der Waals surface area contributed by atoms with Crippen molar-refractivity contribution in [1.82, 2.24) is 9.29 Å². The molecule has 0 aliphatic carbocycles. The van der Waals surface area contributed by atoms with E-state index in [4.69, 9.17) is 5.73 Å². The van der Waals surface area contributed by atoms with E-state index in [0.29, 0.717) is 12.2 Å². The molecule has 2 N–H and O–H groups in total. The predicted molar refractivity (Wildman–Crippen MR) is 85.9 cm³/mol. The third kappa shape index (κ3) is 3.34. The largest absolute Gasteiger partial charge is 0.397 e. The van der Waals surface area contributed by atoms with Crippen molar-refractivity contribution in [3.63, 3.8) is 0 Å². The molecular formula is C13H18N4O2S2. The van der Waals surface area contributed by atoms with E-state index in [1.807, 2.05) is 17.3 Å². The van der Waals surface area contributed by atoms with Crippen LogP contribution >= 0.6 is 11.3 Å². The number of nitrogens with zero attached hydrogens (tertiary/aromatic N) is 3. The van der Waals surface area contributed by atoms with Crippen LogP contribution in [0.15, 0.2) is 34.0 Å². The molecule has 2 aromatic rings. The third-order valence-electron chi connectivity index (χ3n) is 3.07. The number of anilines is 2. The van der Waals surface area contributed by atoms with E-state index in [1.54, 1.807) is 17.6 Å². The standard InChI is InChI=1S/C13H18N4O2S2/c1-16(2)21(18,19)11-4-5-13(12(14)6-11)17(3)7-10-8-20-9-15-10/h4-6,8-9H,7,14H2,1-3H3. The first kappa shape index (κ1) is 15.7. The summed E-state index contributed by atoms with van der Waals surface area (Å²) in [6.07, 6.45) is 0. The van der Waals surface area contributed by atoms with Crippen LogP contribution in [0, 0.1) is 0 Å². The highest BCUT2D eigenvalue weighted by atomic mass is 32.2. The average molecular weight is 326 g/mol. The Kier molecular flexibility index (Phi) is 4.50. The fourth-order valence-corrected chi connectivity index (χ4v) is 3.38. The Balaban J connectivity index is 2.27. The monoisotopic (exact) mass is 326 g/mol. The molecular weight excluding hydrogens is 308 g/mol. The van der Waals surface area contributed by atoms with Crippen LogP contribution in [0.5, 0.6) is 0 Å². The summed E-state index contributed by atoms with van der Waals surface area (Å²) in [6.45, 7) is 0.619. The topological polar surface area (TPSA) is 79.5 Å². The van der Waals surface area contributed by atoms with Crippen molar-refractivity contribution in [2.45, 2.75) is 11.4 Å². The van der Waals surface area contributed by atoms with E-state index in [9.17, 15) is 8.42 Å². The molecule has 2 rings (SSSR count). The Hall–Kier alpha value is -1.64. The number of hydrogen-bond donors (Lipinski definition) is 1. The molecule has 0 amide bonds. The van der Waals surface area contributed by atoms with Gasteiger partial charge in [-0.05, 0) is 18.2 Å². The first-order valence-corrected chi connectivity index (χ1v) is 8.61. The number of benzene rings is 1. The summed E-state index contributed by atoms with van der Waals surface area (Å²) in [7, 11) is 1.41. The Morgan fingerprint density at radius 1 is 1.29 bits per heavy atom. The second-order valence-corrected chi connectivity index (χ2v) is 7.71. The second-order valence-electron chi connectivity index (χ2n) is 4.84. The molecule has 1 heterocycles. The maximum Gasteiger partial charge on any atom is 0.242 e. The molecule has 6 nitrogen and oxygen atoms in total. The lowest BCUT2D eigenvalue weighted by molar-refractivity contribution is 0.521. The van der Waals surface area contributed by atoms with Gasteiger partial charge in [-0.2, -0.15) is 0 Å². The summed E-state index contributed by atoms with van der Waals surface area (Å²) in [4.78, 5) is 6.36. The molecule has 0 unspecified atom stereocenters. The van der Waals surface area contributed by atoms with Gasteiger partial charge < -0.3 is 10.6 Å². The Morgan fingerprint density at radius 3 is 2.52 bits per heavy atom. The van der Waals surface area contributed by atoms with Crippen LogP contribution in [-0.2, 0) is 16.6 Å². The number of sulfonamides is 1. The van der Waals surface area contributed by atoms with Gasteiger partial charge in [0.15, 0.2) is 0 Å². The Morgan fingerprint density at radius 2 is 2.00 bits per heavy atom. The van der Waals surface area contributed by atoms with Crippen molar-refractivity contribution < 1.29 is 8.42 Å². The van der Waals surface area contributed by atoms with Crippen LogP contribution in [0.1, 0.15) is 5.69 Å². The lowest BCUT2D eigenvalue weighted by Crippen LogP contribution is -2.23. The van der Waals surface area contributed by atoms with Crippen molar-refractivity contribution >= 4 is 32.7 Å². The molecule has 1 aromatic carbocycles. The molecule has 0 radical (unpaired) electrons. The molecule has 0 spiro atoms. The zero-order valence-electron chi connectivity index (χ0n) is 12.1. The highest BCUT2D eigenvalue weighted by Crippen LogP contribution is 2.27. The van der Waals surface area contributed by atoms with Crippen LogP contribution in [-0.4, -0.2) is 38.9 Å². The van der Waals surface area contributed by atoms with E-state index < -0.39 is 10.0 Å². The van der Waals surface area contributed by atoms with E-state index in [0.717, 1.165) is 11.4 Å². The lowest BCUT2D eigenvalue weighted by Gasteiger charge is -2.21. The van der Waals surface area contributed by atoms with Crippen LogP contribution in [0.2, 0.25) is 0 Å². The summed E-state index contributed by atoms with van der Waals surface area (Å²) in [5, 5.41) is 1.97. The van der Waals surface area contributed by atoms with Crippen LogP contribution in [0.25, 0.3) is 0 Å². The van der Waals surface area contributed by atoms with Crippen molar-refractivity contribution in [3.8, 4) is 0 Å². The Bertz CT molecular complexity index is 712. The van der Waals surface area contributed by atoms with Gasteiger partial charge in [-0.1, -0.05) is 0 Å². The zero-order chi connectivity index (χ0) is 15.6. The van der Waals surface area contributed by atoms with Crippen molar-refractivity contribution in [1.29, 1.82) is 0 Å². The summed E-state index contributed by atoms with van der Waals surface area (Å²) in [6, 6.07) is 4.78. The van der Waals surface area contributed by atoms with Gasteiger partial charge in [-0.25, -0.2) is 17.7 Å². The fourth-order valence-electron chi connectivity index (χ4n) is 1.90. The minimum Gasteiger partial charge on any atom is -0.397 e. The molecule has 21 heavy (non-hydrogen) atoms. The highest BCUT2D eigenvalue weighted by Gasteiger charge is 2.19. The van der Waals surface area contributed by atoms with Gasteiger partial charge >= 0.3 is 0 Å². The fraction of sp³-hybridized carbons (Fsp3) is 0.308. The normalized spacial score (nSPS) is 11.8. The van der Waals surface area contributed by atoms with Crippen LogP contribution in [0.3, 0.4) is 0 Å². The molecule has 0 aliphatic rings. The number of aromatic nitrogens is 1. The predicted octanol–water partition coefficient (Wildman–Crippen LogP) is 1.61. The number of nitrogen functional groups attached to an aromatic ring is 1. The van der Waals surface area contributed by atoms with E-state index in [2.05, 4.69) is 4.98 Å². The molecule has 8 heteroatoms. The number of nitrogens with two attached hydrogens (primary N) is 1. The van der Waals surface area contributed by atoms with Crippen LogP contribution < -0.4 is 10.6 Å². The van der Waals surface area contributed by atoms with Gasteiger partial charge in [-0.3, -0.25) is 0 Å². The van der Waals surface area contributed by atoms with Gasteiger partial charge in [0.25, 0.3) is 0 Å². The van der Waals surface area contributed by atoms with E-state index in [-0.39, 0.29) is 4.90 Å². The van der Waals surface area contributed by atoms with Gasteiger partial charge in [0.05, 0.1) is 34.0 Å². The summed E-state index contributed by atoms with van der Waals surface area (Å²) in [5.41, 5.74) is 9.94. The summed E-state index contributed by atoms with van der Waals surface area (Å²) in [5.74, 6) is 0. The van der Waals surface area contributed by atoms with E-state index in [1.165, 1.54) is 35.8 Å². The molecule has 114 valence electrons. The Labute approximate surface area is 128 Å². The first-order chi connectivity index (χ1) is 9.82. The van der Waals surface area contributed by atoms with Gasteiger partial charge in [0.2, 0.25) is 10.0 Å². The van der Waals surface area contributed by atoms with Crippen LogP contribution in [0.4, 0.5) is 11.4 Å². The average Bonchev–Trinajstić information content (AvgIpc) is 2.90. The molecule has 0 saturated heterocycles. The summed E-state index contributed by atoms with van der Waals surface area (Å²) >= 11 is 1.54. The molecule has 0 atom stereocenters. The molecule has 0 fully saturated rings. The molecule has 1 aromatic heterocycles. The maximum absolute atomic E-state index is 12.1. The first-order valence-electron chi connectivity index (χ1n) is 6.22. The van der Waals surface area contributed by atoms with Gasteiger partial charge in [-0.15, -0.1) is 11.3 Å². The van der Waals surface area contributed by atoms with Gasteiger partial charge in [0.1, 0.15) is 0 Å². The zero-order valence-corrected chi connectivity index (χ0v) is 13.8. The highest BCUT2D eigenvalue weighted by molar-refractivity contribution is 7.89. The number of thiazole rings is 1. The van der Waals surface area contributed by atoms with Crippen molar-refractivity contribution in [2.75, 3.05) is 31.8 Å². The SMILES string of the molecule is CN(Cc1cscn1)c1ccc(S(=O)(=O)N(C)C)cc1N. The molecule has 0 aliphatic heterocycles. The molecule has 0 saturated carbocycles. The van der Waals surface area contributed by atoms with Crippen molar-refractivity contribution in [3.05, 3.63) is 34.8 Å². The number of rotatable bonds is 5. The minimum absolute atomic E-state index is 0.191. The summed E-state index contributed by atoms with van der Waals surface area (Å²) < 4.78 is 25.3. The molecule has 0 bridgehead atoms. The van der Waals surface area contributed by atoms with Crippen molar-refractivity contribution in [2.24, 2.45) is 0 Å². The maximum atomic E-state index is 12.1.